The highest BCUT2D eigenvalue weighted by Crippen LogP contribution is 2.26. The van der Waals surface area contributed by atoms with Crippen LogP contribution in [-0.2, 0) is 14.8 Å². The fraction of sp³-hybridized carbons (Fsp3) is 0.316. The van der Waals surface area contributed by atoms with Crippen LogP contribution in [0.4, 0.5) is 11.4 Å². The molecule has 2 rings (SSSR count). The molecular weight excluding hydrogens is 414 g/mol. The van der Waals surface area contributed by atoms with Crippen LogP contribution in [0.15, 0.2) is 58.3 Å². The van der Waals surface area contributed by atoms with Crippen molar-refractivity contribution in [2.24, 2.45) is 0 Å². The number of rotatable bonds is 7. The Bertz CT molecular complexity index is 999. The highest BCUT2D eigenvalue weighted by atomic mass is 32.2. The number of carbonyl (C=O) groups is 1. The summed E-state index contributed by atoms with van der Waals surface area (Å²) < 4.78 is 27.5. The second-order valence-electron chi connectivity index (χ2n) is 7.38. The highest BCUT2D eigenvalue weighted by Gasteiger charge is 2.22. The number of thioether (sulfide) groups is 1. The first kappa shape index (κ1) is 22.9. The summed E-state index contributed by atoms with van der Waals surface area (Å²) in [6.45, 7) is 6.93. The number of nitrogens with zero attached hydrogens (tertiary/aromatic N) is 1. The Morgan fingerprint density at radius 1 is 1.14 bits per heavy atom. The largest absolute Gasteiger partial charge is 0.325 e. The summed E-state index contributed by atoms with van der Waals surface area (Å²) in [5, 5.41) is 12.9. The van der Waals surface area contributed by atoms with E-state index in [4.69, 9.17) is 0 Å². The minimum Gasteiger partial charge on any atom is -0.325 e. The van der Waals surface area contributed by atoms with Crippen molar-refractivity contribution < 1.29 is 18.1 Å². The number of hydrogen-bond acceptors (Lipinski definition) is 6. The average Bonchev–Trinajstić information content (AvgIpc) is 2.60. The van der Waals surface area contributed by atoms with Gasteiger partial charge in [-0.05, 0) is 58.0 Å². The molecule has 0 saturated carbocycles. The van der Waals surface area contributed by atoms with Crippen LogP contribution in [0.2, 0.25) is 0 Å². The van der Waals surface area contributed by atoms with Crippen molar-refractivity contribution in [1.82, 2.24) is 4.72 Å². The Kier molecular flexibility index (Phi) is 7.04. The van der Waals surface area contributed by atoms with E-state index in [1.807, 2.05) is 0 Å². The zero-order valence-corrected chi connectivity index (χ0v) is 18.1. The first-order valence-electron chi connectivity index (χ1n) is 8.73. The zero-order valence-electron chi connectivity index (χ0n) is 16.5. The third-order valence-electron chi connectivity index (χ3n) is 3.58. The van der Waals surface area contributed by atoms with Crippen LogP contribution in [0.1, 0.15) is 27.7 Å². The molecule has 0 fully saturated rings. The molecule has 10 heteroatoms. The molecule has 29 heavy (non-hydrogen) atoms. The van der Waals surface area contributed by atoms with Gasteiger partial charge < -0.3 is 5.32 Å². The maximum atomic E-state index is 12.5. The van der Waals surface area contributed by atoms with E-state index in [0.717, 1.165) is 0 Å². The van der Waals surface area contributed by atoms with Gasteiger partial charge in [0.05, 0.1) is 15.1 Å². The third kappa shape index (κ3) is 6.84. The van der Waals surface area contributed by atoms with Crippen molar-refractivity contribution in [1.29, 1.82) is 0 Å². The number of carbonyl (C=O) groups excluding carboxylic acids is 1. The van der Waals surface area contributed by atoms with E-state index in [1.54, 1.807) is 52.0 Å². The number of amides is 1. The zero-order chi connectivity index (χ0) is 21.8. The van der Waals surface area contributed by atoms with E-state index < -0.39 is 25.7 Å². The van der Waals surface area contributed by atoms with Crippen LogP contribution in [-0.4, -0.2) is 30.0 Å². The number of non-ortho nitro benzene ring substituents is 1. The van der Waals surface area contributed by atoms with E-state index in [0.29, 0.717) is 10.6 Å². The fourth-order valence-electron chi connectivity index (χ4n) is 2.35. The predicted octanol–water partition coefficient (Wildman–Crippen LogP) is 3.79. The molecule has 0 aliphatic heterocycles. The summed E-state index contributed by atoms with van der Waals surface area (Å²) in [4.78, 5) is 23.5. The SMILES string of the molecule is CC(Sc1ccc([N+](=O)[O-])cc1)C(=O)Nc1cccc(S(=O)(=O)NC(C)(C)C)c1. The monoisotopic (exact) mass is 437 g/mol. The van der Waals surface area contributed by atoms with Gasteiger partial charge in [0.25, 0.3) is 5.69 Å². The molecule has 2 aromatic carbocycles. The highest BCUT2D eigenvalue weighted by molar-refractivity contribution is 8.00. The topological polar surface area (TPSA) is 118 Å². The van der Waals surface area contributed by atoms with Crippen LogP contribution >= 0.6 is 11.8 Å². The van der Waals surface area contributed by atoms with Gasteiger partial charge >= 0.3 is 0 Å². The summed E-state index contributed by atoms with van der Waals surface area (Å²) in [5.74, 6) is -0.313. The average molecular weight is 438 g/mol. The second kappa shape index (κ2) is 8.93. The first-order chi connectivity index (χ1) is 13.4. The summed E-state index contributed by atoms with van der Waals surface area (Å²) >= 11 is 1.24. The van der Waals surface area contributed by atoms with Crippen molar-refractivity contribution >= 4 is 39.1 Å². The Hall–Kier alpha value is -2.43. The maximum Gasteiger partial charge on any atom is 0.269 e. The minimum atomic E-state index is -3.72. The van der Waals surface area contributed by atoms with E-state index in [9.17, 15) is 23.3 Å². The van der Waals surface area contributed by atoms with Gasteiger partial charge in [-0.25, -0.2) is 13.1 Å². The summed E-state index contributed by atoms with van der Waals surface area (Å²) in [6.07, 6.45) is 0. The van der Waals surface area contributed by atoms with Crippen LogP contribution in [0.25, 0.3) is 0 Å². The van der Waals surface area contributed by atoms with Crippen LogP contribution < -0.4 is 10.0 Å². The number of sulfonamides is 1. The van der Waals surface area contributed by atoms with Gasteiger partial charge in [0.15, 0.2) is 0 Å². The molecular formula is C19H23N3O5S2. The van der Waals surface area contributed by atoms with E-state index in [2.05, 4.69) is 10.0 Å². The molecule has 0 aliphatic rings. The van der Waals surface area contributed by atoms with Crippen LogP contribution in [0.5, 0.6) is 0 Å². The molecule has 0 bridgehead atoms. The molecule has 0 radical (unpaired) electrons. The number of nitro groups is 1. The van der Waals surface area contributed by atoms with Gasteiger partial charge in [-0.1, -0.05) is 6.07 Å². The minimum absolute atomic E-state index is 0.0201. The molecule has 1 atom stereocenters. The normalized spacial score (nSPS) is 13.0. The molecule has 2 N–H and O–H groups in total. The molecule has 1 amide bonds. The van der Waals surface area contributed by atoms with E-state index >= 15 is 0 Å². The van der Waals surface area contributed by atoms with Crippen molar-refractivity contribution in [2.75, 3.05) is 5.32 Å². The van der Waals surface area contributed by atoms with Gasteiger partial charge in [-0.2, -0.15) is 0 Å². The van der Waals surface area contributed by atoms with Gasteiger partial charge in [-0.15, -0.1) is 11.8 Å². The number of anilines is 1. The van der Waals surface area contributed by atoms with Gasteiger partial charge in [0, 0.05) is 28.3 Å². The summed E-state index contributed by atoms with van der Waals surface area (Å²) in [7, 11) is -3.72. The number of benzene rings is 2. The number of nitrogens with one attached hydrogen (secondary N) is 2. The quantitative estimate of drug-likeness (QED) is 0.386. The summed E-state index contributed by atoms with van der Waals surface area (Å²) in [6, 6.07) is 11.9. The molecule has 8 nitrogen and oxygen atoms in total. The van der Waals surface area contributed by atoms with Crippen molar-refractivity contribution in [2.45, 2.75) is 48.3 Å². The Balaban J connectivity index is 2.07. The molecule has 0 aliphatic carbocycles. The lowest BCUT2D eigenvalue weighted by Crippen LogP contribution is -2.40. The lowest BCUT2D eigenvalue weighted by molar-refractivity contribution is -0.384. The van der Waals surface area contributed by atoms with E-state index in [1.165, 1.54) is 36.0 Å². The Morgan fingerprint density at radius 3 is 2.31 bits per heavy atom. The van der Waals surface area contributed by atoms with E-state index in [-0.39, 0.29) is 16.5 Å². The Morgan fingerprint density at radius 2 is 1.76 bits per heavy atom. The predicted molar refractivity (Wildman–Crippen MR) is 114 cm³/mol. The molecule has 0 spiro atoms. The second-order valence-corrected chi connectivity index (χ2v) is 10.5. The molecule has 156 valence electrons. The maximum absolute atomic E-state index is 12.5. The molecule has 0 saturated heterocycles. The lowest BCUT2D eigenvalue weighted by Gasteiger charge is -2.20. The molecule has 0 heterocycles. The number of hydrogen-bond donors (Lipinski definition) is 2. The fourth-order valence-corrected chi connectivity index (χ4v) is 4.68. The van der Waals surface area contributed by atoms with Gasteiger partial charge in [0.1, 0.15) is 0 Å². The smallest absolute Gasteiger partial charge is 0.269 e. The molecule has 1 unspecified atom stereocenters. The van der Waals surface area contributed by atoms with Gasteiger partial charge in [0.2, 0.25) is 15.9 Å². The Labute approximate surface area is 174 Å². The lowest BCUT2D eigenvalue weighted by atomic mass is 10.1. The summed E-state index contributed by atoms with van der Waals surface area (Å²) in [5.41, 5.74) is -0.287. The third-order valence-corrected chi connectivity index (χ3v) is 6.45. The molecule has 2 aromatic rings. The first-order valence-corrected chi connectivity index (χ1v) is 11.1. The van der Waals surface area contributed by atoms with Crippen molar-refractivity contribution in [3.05, 3.63) is 58.6 Å². The van der Waals surface area contributed by atoms with Crippen molar-refractivity contribution in [3.8, 4) is 0 Å². The standard InChI is InChI=1S/C19H23N3O5S2/c1-13(28-16-10-8-15(9-11-16)22(24)25)18(23)20-14-6-5-7-17(12-14)29(26,27)21-19(2,3)4/h5-13,21H,1-4H3,(H,20,23). The van der Waals surface area contributed by atoms with Crippen molar-refractivity contribution in [3.63, 3.8) is 0 Å². The van der Waals surface area contributed by atoms with Crippen LogP contribution in [0.3, 0.4) is 0 Å². The van der Waals surface area contributed by atoms with Gasteiger partial charge in [-0.3, -0.25) is 14.9 Å². The molecule has 0 aromatic heterocycles. The van der Waals surface area contributed by atoms with Crippen LogP contribution in [0, 0.1) is 10.1 Å². The number of nitro benzene ring substituents is 1.